The molecule has 1 saturated carbocycles. The summed E-state index contributed by atoms with van der Waals surface area (Å²) < 4.78 is 0. The first-order valence-electron chi connectivity index (χ1n) is 6.98. The molecule has 2 aliphatic rings. The van der Waals surface area contributed by atoms with Gasteiger partial charge in [-0.3, -0.25) is 9.69 Å². The van der Waals surface area contributed by atoms with Gasteiger partial charge in [0.05, 0.1) is 0 Å². The summed E-state index contributed by atoms with van der Waals surface area (Å²) in [6.07, 6.45) is 10.3. The van der Waals surface area contributed by atoms with Gasteiger partial charge in [-0.1, -0.05) is 38.2 Å². The Hall–Kier alpha value is -1.32. The monoisotopic (exact) mass is 249 g/mol. The van der Waals surface area contributed by atoms with Crippen molar-refractivity contribution in [2.24, 2.45) is 16.6 Å². The van der Waals surface area contributed by atoms with Crippen LogP contribution in [0.15, 0.2) is 17.6 Å². The summed E-state index contributed by atoms with van der Waals surface area (Å²) in [6.45, 7) is 4.10. The molecule has 1 heterocycles. The number of rotatable bonds is 5. The number of nitrogens with two attached hydrogens (primary N) is 1. The first-order valence-corrected chi connectivity index (χ1v) is 6.98. The molecule has 100 valence electrons. The van der Waals surface area contributed by atoms with E-state index in [-0.39, 0.29) is 11.9 Å². The fourth-order valence-electron chi connectivity index (χ4n) is 2.95. The van der Waals surface area contributed by atoms with Crippen molar-refractivity contribution in [2.45, 2.75) is 51.0 Å². The molecule has 1 unspecified atom stereocenters. The Morgan fingerprint density at radius 1 is 1.33 bits per heavy atom. The summed E-state index contributed by atoms with van der Waals surface area (Å²) in [7, 11) is 0. The molecular weight excluding hydrogens is 226 g/mol. The standard InChI is InChI=1S/C14H23N3O/c1-2-10-17-13(18)12(16-14(17)15)9-8-11-6-4-3-5-7-11/h2,11-12H,1,3-10H2,(H2,15,16). The lowest BCUT2D eigenvalue weighted by Crippen LogP contribution is -2.39. The topological polar surface area (TPSA) is 58.7 Å². The van der Waals surface area contributed by atoms with Crippen LogP contribution in [0.4, 0.5) is 0 Å². The summed E-state index contributed by atoms with van der Waals surface area (Å²) in [6, 6.07) is -0.244. The van der Waals surface area contributed by atoms with Gasteiger partial charge >= 0.3 is 0 Å². The third-order valence-corrected chi connectivity index (χ3v) is 4.00. The number of amides is 1. The van der Waals surface area contributed by atoms with E-state index in [1.165, 1.54) is 37.0 Å². The summed E-state index contributed by atoms with van der Waals surface area (Å²) in [5.74, 6) is 1.19. The van der Waals surface area contributed by atoms with E-state index in [0.717, 1.165) is 18.8 Å². The smallest absolute Gasteiger partial charge is 0.254 e. The molecule has 0 spiro atoms. The molecule has 0 aromatic heterocycles. The number of guanidine groups is 1. The van der Waals surface area contributed by atoms with E-state index in [0.29, 0.717) is 12.5 Å². The number of carbonyl (C=O) groups is 1. The van der Waals surface area contributed by atoms with Crippen LogP contribution in [-0.4, -0.2) is 29.4 Å². The van der Waals surface area contributed by atoms with Gasteiger partial charge in [0.15, 0.2) is 5.96 Å². The van der Waals surface area contributed by atoms with Crippen LogP contribution in [0.2, 0.25) is 0 Å². The maximum absolute atomic E-state index is 12.1. The third kappa shape index (κ3) is 2.92. The highest BCUT2D eigenvalue weighted by Crippen LogP contribution is 2.29. The Morgan fingerprint density at radius 3 is 2.72 bits per heavy atom. The van der Waals surface area contributed by atoms with Crippen molar-refractivity contribution in [1.29, 1.82) is 0 Å². The highest BCUT2D eigenvalue weighted by molar-refractivity contribution is 6.04. The summed E-state index contributed by atoms with van der Waals surface area (Å²) >= 11 is 0. The van der Waals surface area contributed by atoms with E-state index < -0.39 is 0 Å². The molecule has 18 heavy (non-hydrogen) atoms. The van der Waals surface area contributed by atoms with Crippen LogP contribution in [0.25, 0.3) is 0 Å². The fourth-order valence-corrected chi connectivity index (χ4v) is 2.95. The first kappa shape index (κ1) is 13.1. The molecule has 1 aliphatic carbocycles. The largest absolute Gasteiger partial charge is 0.369 e. The average molecular weight is 249 g/mol. The molecule has 2 N–H and O–H groups in total. The van der Waals surface area contributed by atoms with Crippen molar-refractivity contribution in [3.63, 3.8) is 0 Å². The van der Waals surface area contributed by atoms with Crippen LogP contribution in [0.5, 0.6) is 0 Å². The normalized spacial score (nSPS) is 25.3. The van der Waals surface area contributed by atoms with E-state index in [2.05, 4.69) is 11.6 Å². The zero-order valence-electron chi connectivity index (χ0n) is 11.0. The summed E-state index contributed by atoms with van der Waals surface area (Å²) in [4.78, 5) is 17.9. The molecular formula is C14H23N3O. The number of hydrogen-bond donors (Lipinski definition) is 1. The summed E-state index contributed by atoms with van der Waals surface area (Å²) in [5.41, 5.74) is 5.76. The van der Waals surface area contributed by atoms with E-state index in [4.69, 9.17) is 5.73 Å². The van der Waals surface area contributed by atoms with E-state index in [9.17, 15) is 4.79 Å². The summed E-state index contributed by atoms with van der Waals surface area (Å²) in [5, 5.41) is 0. The van der Waals surface area contributed by atoms with Crippen molar-refractivity contribution < 1.29 is 4.79 Å². The lowest BCUT2D eigenvalue weighted by molar-refractivity contribution is -0.127. The van der Waals surface area contributed by atoms with Crippen molar-refractivity contribution in [1.82, 2.24) is 4.90 Å². The number of aliphatic imine (C=N–C) groups is 1. The van der Waals surface area contributed by atoms with Crippen molar-refractivity contribution in [2.75, 3.05) is 6.54 Å². The molecule has 4 heteroatoms. The Balaban J connectivity index is 1.83. The van der Waals surface area contributed by atoms with Gasteiger partial charge in [-0.05, 0) is 18.8 Å². The van der Waals surface area contributed by atoms with Crippen LogP contribution in [0, 0.1) is 5.92 Å². The lowest BCUT2D eigenvalue weighted by Gasteiger charge is -2.22. The minimum absolute atomic E-state index is 0.0446. The number of nitrogens with zero attached hydrogens (tertiary/aromatic N) is 2. The average Bonchev–Trinajstić information content (AvgIpc) is 2.66. The molecule has 0 bridgehead atoms. The van der Waals surface area contributed by atoms with Crippen LogP contribution < -0.4 is 5.73 Å². The molecule has 0 aromatic carbocycles. The van der Waals surface area contributed by atoms with E-state index in [1.54, 1.807) is 6.08 Å². The number of hydrogen-bond acceptors (Lipinski definition) is 3. The molecule has 2 rings (SSSR count). The second kappa shape index (κ2) is 6.03. The zero-order chi connectivity index (χ0) is 13.0. The second-order valence-corrected chi connectivity index (χ2v) is 5.32. The second-order valence-electron chi connectivity index (χ2n) is 5.32. The van der Waals surface area contributed by atoms with Gasteiger partial charge in [-0.25, -0.2) is 4.99 Å². The molecule has 0 aromatic rings. The molecule has 1 atom stereocenters. The Labute approximate surface area is 109 Å². The maximum atomic E-state index is 12.1. The molecule has 0 saturated heterocycles. The Bertz CT molecular complexity index is 345. The predicted octanol–water partition coefficient (Wildman–Crippen LogP) is 2.06. The molecule has 4 nitrogen and oxygen atoms in total. The van der Waals surface area contributed by atoms with Crippen LogP contribution >= 0.6 is 0 Å². The quantitative estimate of drug-likeness (QED) is 0.758. The zero-order valence-corrected chi connectivity index (χ0v) is 11.0. The van der Waals surface area contributed by atoms with Gasteiger partial charge in [0.25, 0.3) is 5.91 Å². The lowest BCUT2D eigenvalue weighted by atomic mass is 9.85. The first-order chi connectivity index (χ1) is 8.72. The molecule has 0 radical (unpaired) electrons. The minimum atomic E-state index is -0.244. The van der Waals surface area contributed by atoms with Crippen molar-refractivity contribution in [3.05, 3.63) is 12.7 Å². The van der Waals surface area contributed by atoms with Crippen LogP contribution in [-0.2, 0) is 4.79 Å². The highest BCUT2D eigenvalue weighted by Gasteiger charge is 2.32. The highest BCUT2D eigenvalue weighted by atomic mass is 16.2. The molecule has 1 aliphatic heterocycles. The predicted molar refractivity (Wildman–Crippen MR) is 73.1 cm³/mol. The van der Waals surface area contributed by atoms with Crippen molar-refractivity contribution >= 4 is 11.9 Å². The maximum Gasteiger partial charge on any atom is 0.254 e. The SMILES string of the molecule is C=CCN1C(=O)C(CCC2CCCCC2)N=C1N. The molecule has 1 amide bonds. The fraction of sp³-hybridized carbons (Fsp3) is 0.714. The van der Waals surface area contributed by atoms with Crippen molar-refractivity contribution in [3.8, 4) is 0 Å². The molecule has 1 fully saturated rings. The van der Waals surface area contributed by atoms with Gasteiger partial charge < -0.3 is 5.73 Å². The Kier molecular flexibility index (Phi) is 4.39. The van der Waals surface area contributed by atoms with E-state index in [1.807, 2.05) is 0 Å². The van der Waals surface area contributed by atoms with E-state index >= 15 is 0 Å². The van der Waals surface area contributed by atoms with Gasteiger partial charge in [0.2, 0.25) is 0 Å². The van der Waals surface area contributed by atoms with Gasteiger partial charge in [0.1, 0.15) is 6.04 Å². The Morgan fingerprint density at radius 2 is 2.06 bits per heavy atom. The van der Waals surface area contributed by atoms with Crippen LogP contribution in [0.1, 0.15) is 44.9 Å². The van der Waals surface area contributed by atoms with Gasteiger partial charge in [0, 0.05) is 6.54 Å². The van der Waals surface area contributed by atoms with Gasteiger partial charge in [-0.15, -0.1) is 6.58 Å². The van der Waals surface area contributed by atoms with Crippen LogP contribution in [0.3, 0.4) is 0 Å². The number of carbonyl (C=O) groups excluding carboxylic acids is 1. The minimum Gasteiger partial charge on any atom is -0.369 e. The van der Waals surface area contributed by atoms with Gasteiger partial charge in [-0.2, -0.15) is 0 Å². The third-order valence-electron chi connectivity index (χ3n) is 4.00.